The average Bonchev–Trinajstić information content (AvgIpc) is 3.62. The molecule has 3 heteroatoms. The third kappa shape index (κ3) is 6.62. The molecule has 0 aliphatic heterocycles. The predicted octanol–water partition coefficient (Wildman–Crippen LogP) is 14.8. The molecule has 8 rings (SSSR count). The summed E-state index contributed by atoms with van der Waals surface area (Å²) in [4.78, 5) is 0. The topological polar surface area (TPSA) is 21.9 Å². The molecule has 0 saturated carbocycles. The highest BCUT2D eigenvalue weighted by Gasteiger charge is 2.23. The molecule has 0 aliphatic rings. The Balaban J connectivity index is 1.13. The van der Waals surface area contributed by atoms with Gasteiger partial charge in [0, 0.05) is 44.3 Å². The molecule has 6 aromatic carbocycles. The minimum Gasteiger partial charge on any atom is -0.356 e. The molecular weight excluding hydrogens is 667 g/mol. The van der Waals surface area contributed by atoms with Crippen molar-refractivity contribution in [3.05, 3.63) is 144 Å². The van der Waals surface area contributed by atoms with Crippen molar-refractivity contribution in [2.75, 3.05) is 5.32 Å². The number of hydrogen-bond acceptors (Lipinski definition) is 1. The Morgan fingerprint density at radius 1 is 0.309 bits per heavy atom. The third-order valence-corrected chi connectivity index (χ3v) is 11.5. The van der Waals surface area contributed by atoms with E-state index in [1.807, 2.05) is 0 Å². The molecular formula is C52H57N3. The van der Waals surface area contributed by atoms with Crippen LogP contribution in [0.4, 0.5) is 11.4 Å². The minimum atomic E-state index is 0.0749. The average molecular weight is 724 g/mol. The lowest BCUT2D eigenvalue weighted by Gasteiger charge is -2.19. The summed E-state index contributed by atoms with van der Waals surface area (Å²) in [5.74, 6) is 0. The minimum absolute atomic E-state index is 0.0749. The van der Waals surface area contributed by atoms with Crippen molar-refractivity contribution in [3.63, 3.8) is 0 Å². The Labute approximate surface area is 328 Å². The van der Waals surface area contributed by atoms with Gasteiger partial charge in [-0.15, -0.1) is 0 Å². The zero-order valence-corrected chi connectivity index (χ0v) is 34.9. The van der Waals surface area contributed by atoms with Gasteiger partial charge in [-0.25, -0.2) is 0 Å². The Morgan fingerprint density at radius 2 is 0.545 bits per heavy atom. The summed E-state index contributed by atoms with van der Waals surface area (Å²) in [7, 11) is 0. The van der Waals surface area contributed by atoms with Crippen molar-refractivity contribution in [3.8, 4) is 11.4 Å². The van der Waals surface area contributed by atoms with Gasteiger partial charge in [0.25, 0.3) is 0 Å². The molecule has 2 aromatic heterocycles. The maximum Gasteiger partial charge on any atom is 0.0541 e. The Kier molecular flexibility index (Phi) is 8.42. The molecule has 0 atom stereocenters. The van der Waals surface area contributed by atoms with Gasteiger partial charge in [0.05, 0.1) is 22.1 Å². The lowest BCUT2D eigenvalue weighted by atomic mass is 9.85. The van der Waals surface area contributed by atoms with Gasteiger partial charge in [0.1, 0.15) is 0 Å². The number of aromatic nitrogens is 2. The summed E-state index contributed by atoms with van der Waals surface area (Å²) >= 11 is 0. The highest BCUT2D eigenvalue weighted by molar-refractivity contribution is 6.11. The molecule has 1 N–H and O–H groups in total. The van der Waals surface area contributed by atoms with Crippen molar-refractivity contribution in [2.24, 2.45) is 0 Å². The molecule has 0 bridgehead atoms. The van der Waals surface area contributed by atoms with E-state index in [9.17, 15) is 0 Å². The Hall–Kier alpha value is -5.28. The molecule has 8 aromatic rings. The monoisotopic (exact) mass is 723 g/mol. The number of fused-ring (bicyclic) bond motifs is 6. The number of nitrogens with one attached hydrogen (secondary N) is 1. The van der Waals surface area contributed by atoms with Gasteiger partial charge in [-0.3, -0.25) is 0 Å². The first-order valence-electron chi connectivity index (χ1n) is 19.9. The maximum absolute atomic E-state index is 3.68. The molecule has 280 valence electrons. The highest BCUT2D eigenvalue weighted by atomic mass is 15.0. The van der Waals surface area contributed by atoms with E-state index < -0.39 is 0 Å². The van der Waals surface area contributed by atoms with E-state index in [2.05, 4.69) is 219 Å². The fourth-order valence-corrected chi connectivity index (χ4v) is 8.02. The third-order valence-electron chi connectivity index (χ3n) is 11.5. The first-order chi connectivity index (χ1) is 25.8. The molecule has 0 saturated heterocycles. The highest BCUT2D eigenvalue weighted by Crippen LogP contribution is 2.40. The normalized spacial score (nSPS) is 13.1. The van der Waals surface area contributed by atoms with Crippen LogP contribution in [0.25, 0.3) is 55.0 Å². The van der Waals surface area contributed by atoms with Gasteiger partial charge >= 0.3 is 0 Å². The van der Waals surface area contributed by atoms with Crippen molar-refractivity contribution >= 4 is 55.0 Å². The fourth-order valence-electron chi connectivity index (χ4n) is 8.02. The van der Waals surface area contributed by atoms with E-state index in [4.69, 9.17) is 0 Å². The van der Waals surface area contributed by atoms with E-state index in [0.717, 1.165) is 22.7 Å². The molecule has 55 heavy (non-hydrogen) atoms. The van der Waals surface area contributed by atoms with Crippen LogP contribution in [0.15, 0.2) is 121 Å². The fraction of sp³-hybridized carbons (Fsp3) is 0.308. The summed E-state index contributed by atoms with van der Waals surface area (Å²) in [5.41, 5.74) is 15.1. The number of rotatable bonds is 4. The van der Waals surface area contributed by atoms with Crippen LogP contribution in [0.5, 0.6) is 0 Å². The van der Waals surface area contributed by atoms with Gasteiger partial charge in [0.15, 0.2) is 0 Å². The van der Waals surface area contributed by atoms with E-state index in [-0.39, 0.29) is 21.7 Å². The second-order valence-electron chi connectivity index (χ2n) is 19.8. The van der Waals surface area contributed by atoms with Crippen LogP contribution >= 0.6 is 0 Å². The number of anilines is 2. The standard InChI is InChI=1S/C52H57N3/c1-49(2,3)33-13-25-45-41(29-33)42-30-34(50(4,5)6)14-26-46(42)54(45)39-21-17-37(18-22-39)53-38-19-23-40(24-20-38)55-47-27-15-35(51(7,8)9)31-43(47)44-32-36(52(10,11)12)16-28-48(44)55/h13-32,53H,1-12H3. The van der Waals surface area contributed by atoms with Crippen molar-refractivity contribution in [2.45, 2.75) is 105 Å². The van der Waals surface area contributed by atoms with Crippen LogP contribution < -0.4 is 5.32 Å². The van der Waals surface area contributed by atoms with Gasteiger partial charge in [0.2, 0.25) is 0 Å². The zero-order valence-electron chi connectivity index (χ0n) is 34.9. The molecule has 0 spiro atoms. The first-order valence-corrected chi connectivity index (χ1v) is 19.9. The van der Waals surface area contributed by atoms with Crippen LogP contribution in [0, 0.1) is 0 Å². The molecule has 0 unspecified atom stereocenters. The lowest BCUT2D eigenvalue weighted by Crippen LogP contribution is -2.10. The van der Waals surface area contributed by atoms with Crippen LogP contribution in [-0.2, 0) is 21.7 Å². The summed E-state index contributed by atoms with van der Waals surface area (Å²) in [6, 6.07) is 45.8. The SMILES string of the molecule is CC(C)(C)c1ccc2c(c1)c1cc(C(C)(C)C)ccc1n2-c1ccc(Nc2ccc(-n3c4ccc(C(C)(C)C)cc4c4cc(C(C)(C)C)ccc43)cc2)cc1. The van der Waals surface area contributed by atoms with Gasteiger partial charge in [-0.1, -0.05) is 107 Å². The molecule has 0 fully saturated rings. The Morgan fingerprint density at radius 3 is 0.764 bits per heavy atom. The molecule has 0 amide bonds. The molecule has 0 aliphatic carbocycles. The van der Waals surface area contributed by atoms with E-state index in [1.165, 1.54) is 65.9 Å². The Bertz CT molecular complexity index is 2390. The van der Waals surface area contributed by atoms with Crippen LogP contribution in [0.3, 0.4) is 0 Å². The zero-order chi connectivity index (χ0) is 39.2. The lowest BCUT2D eigenvalue weighted by molar-refractivity contribution is 0.590. The second-order valence-corrected chi connectivity index (χ2v) is 19.8. The largest absolute Gasteiger partial charge is 0.356 e. The molecule has 2 heterocycles. The number of benzene rings is 6. The van der Waals surface area contributed by atoms with Crippen molar-refractivity contribution in [1.82, 2.24) is 9.13 Å². The van der Waals surface area contributed by atoms with Crippen molar-refractivity contribution in [1.29, 1.82) is 0 Å². The summed E-state index contributed by atoms with van der Waals surface area (Å²) in [5, 5.41) is 8.91. The van der Waals surface area contributed by atoms with E-state index in [0.29, 0.717) is 0 Å². The van der Waals surface area contributed by atoms with E-state index >= 15 is 0 Å². The number of nitrogens with zero attached hydrogens (tertiary/aromatic N) is 2. The molecule has 0 radical (unpaired) electrons. The summed E-state index contributed by atoms with van der Waals surface area (Å²) in [6.45, 7) is 27.5. The van der Waals surface area contributed by atoms with Crippen LogP contribution in [-0.4, -0.2) is 9.13 Å². The van der Waals surface area contributed by atoms with Gasteiger partial charge in [-0.05, 0) is 141 Å². The number of hydrogen-bond donors (Lipinski definition) is 1. The van der Waals surface area contributed by atoms with Gasteiger partial charge < -0.3 is 14.5 Å². The smallest absolute Gasteiger partial charge is 0.0541 e. The predicted molar refractivity (Wildman–Crippen MR) is 240 cm³/mol. The summed E-state index contributed by atoms with van der Waals surface area (Å²) in [6.07, 6.45) is 0. The van der Waals surface area contributed by atoms with Gasteiger partial charge in [-0.2, -0.15) is 0 Å². The molecule has 3 nitrogen and oxygen atoms in total. The van der Waals surface area contributed by atoms with E-state index in [1.54, 1.807) is 0 Å². The first kappa shape index (κ1) is 36.7. The second kappa shape index (κ2) is 12.6. The van der Waals surface area contributed by atoms with Crippen LogP contribution in [0.2, 0.25) is 0 Å². The maximum atomic E-state index is 3.68. The summed E-state index contributed by atoms with van der Waals surface area (Å²) < 4.78 is 4.84. The van der Waals surface area contributed by atoms with Crippen LogP contribution in [0.1, 0.15) is 105 Å². The van der Waals surface area contributed by atoms with Crippen molar-refractivity contribution < 1.29 is 0 Å². The quantitative estimate of drug-likeness (QED) is 0.192.